The number of hydrogen-bond donors (Lipinski definition) is 1. The summed E-state index contributed by atoms with van der Waals surface area (Å²) in [6.45, 7) is 0. The summed E-state index contributed by atoms with van der Waals surface area (Å²) in [5.74, 6) is 0. The van der Waals surface area contributed by atoms with Crippen molar-refractivity contribution in [1.29, 1.82) is 0 Å². The largest absolute Gasteiger partial charge is 0.362 e. The molecule has 0 bridgehead atoms. The van der Waals surface area contributed by atoms with Gasteiger partial charge in [-0.15, -0.1) is 0 Å². The molecule has 1 heterocycles. The van der Waals surface area contributed by atoms with Gasteiger partial charge in [-0.3, -0.25) is 4.99 Å². The van der Waals surface area contributed by atoms with Crippen LogP contribution in [0.4, 0.5) is 0 Å². The van der Waals surface area contributed by atoms with E-state index in [2.05, 4.69) is 9.98 Å². The molecule has 1 aromatic heterocycles. The van der Waals surface area contributed by atoms with Crippen LogP contribution in [0.25, 0.3) is 6.08 Å². The van der Waals surface area contributed by atoms with Gasteiger partial charge in [0.05, 0.1) is 0 Å². The predicted octanol–water partition coefficient (Wildman–Crippen LogP) is 1.73. The van der Waals surface area contributed by atoms with Crippen molar-refractivity contribution in [2.75, 3.05) is 7.05 Å². The average Bonchev–Trinajstić information content (AvgIpc) is 2.41. The minimum absolute atomic E-state index is 1.10. The number of aromatic nitrogens is 1. The number of allylic oxidation sites excluding steroid dienone is 1. The Morgan fingerprint density at radius 3 is 3.10 bits per heavy atom. The average molecular weight is 134 g/mol. The molecule has 10 heavy (non-hydrogen) atoms. The molecule has 1 aromatic rings. The molecule has 0 saturated carbocycles. The highest BCUT2D eigenvalue weighted by molar-refractivity contribution is 5.77. The second-order valence-corrected chi connectivity index (χ2v) is 1.89. The highest BCUT2D eigenvalue weighted by atomic mass is 14.7. The number of nitrogens with one attached hydrogen (secondary N) is 1. The van der Waals surface area contributed by atoms with Gasteiger partial charge in [-0.05, 0) is 24.3 Å². The Balaban J connectivity index is 2.55. The quantitative estimate of drug-likeness (QED) is 0.597. The van der Waals surface area contributed by atoms with Crippen LogP contribution in [0.1, 0.15) is 5.69 Å². The molecular weight excluding hydrogens is 124 g/mol. The molecule has 0 amide bonds. The lowest BCUT2D eigenvalue weighted by molar-refractivity contribution is 1.38. The maximum atomic E-state index is 3.81. The van der Waals surface area contributed by atoms with Gasteiger partial charge in [-0.25, -0.2) is 0 Å². The highest BCUT2D eigenvalue weighted by Gasteiger charge is 1.79. The summed E-state index contributed by atoms with van der Waals surface area (Å²) < 4.78 is 0. The zero-order chi connectivity index (χ0) is 7.23. The van der Waals surface area contributed by atoms with Crippen molar-refractivity contribution < 1.29 is 0 Å². The van der Waals surface area contributed by atoms with Crippen LogP contribution in [0.3, 0.4) is 0 Å². The number of rotatable bonds is 2. The van der Waals surface area contributed by atoms with Gasteiger partial charge in [0.25, 0.3) is 0 Å². The summed E-state index contributed by atoms with van der Waals surface area (Å²) in [4.78, 5) is 6.86. The number of aromatic amines is 1. The first-order chi connectivity index (χ1) is 4.93. The molecule has 2 nitrogen and oxygen atoms in total. The van der Waals surface area contributed by atoms with Gasteiger partial charge in [0.1, 0.15) is 0 Å². The lowest BCUT2D eigenvalue weighted by Crippen LogP contribution is -1.67. The molecule has 0 radical (unpaired) electrons. The summed E-state index contributed by atoms with van der Waals surface area (Å²) in [5.41, 5.74) is 1.10. The van der Waals surface area contributed by atoms with Crippen molar-refractivity contribution in [1.82, 2.24) is 4.98 Å². The van der Waals surface area contributed by atoms with Crippen molar-refractivity contribution in [3.8, 4) is 0 Å². The molecule has 1 rings (SSSR count). The normalized spacial score (nSPS) is 11.7. The number of aliphatic imine (C=N–C) groups is 1. The third kappa shape index (κ3) is 1.90. The SMILES string of the molecule is C/N=C\C=C/c1ccc[nH]1. The van der Waals surface area contributed by atoms with Gasteiger partial charge in [0, 0.05) is 25.2 Å². The molecule has 1 N–H and O–H groups in total. The Hall–Kier alpha value is -1.31. The minimum atomic E-state index is 1.10. The van der Waals surface area contributed by atoms with Crippen molar-refractivity contribution >= 4 is 12.3 Å². The summed E-state index contributed by atoms with van der Waals surface area (Å²) in [7, 11) is 1.75. The third-order valence-electron chi connectivity index (χ3n) is 1.13. The van der Waals surface area contributed by atoms with Gasteiger partial charge in [-0.2, -0.15) is 0 Å². The van der Waals surface area contributed by atoms with E-state index in [1.807, 2.05) is 30.5 Å². The van der Waals surface area contributed by atoms with E-state index in [0.717, 1.165) is 5.69 Å². The van der Waals surface area contributed by atoms with E-state index in [4.69, 9.17) is 0 Å². The van der Waals surface area contributed by atoms with E-state index in [1.54, 1.807) is 13.3 Å². The molecule has 2 heteroatoms. The fraction of sp³-hybridized carbons (Fsp3) is 0.125. The molecule has 0 fully saturated rings. The van der Waals surface area contributed by atoms with Crippen LogP contribution in [0.2, 0.25) is 0 Å². The molecule has 0 unspecified atom stereocenters. The standard InChI is InChI=1S/C8H10N2/c1-9-6-2-4-8-5-3-7-10-8/h2-7,10H,1H3/b4-2-,9-6-. The van der Waals surface area contributed by atoms with Gasteiger partial charge in [-0.1, -0.05) is 0 Å². The van der Waals surface area contributed by atoms with E-state index in [0.29, 0.717) is 0 Å². The van der Waals surface area contributed by atoms with Gasteiger partial charge in [0.15, 0.2) is 0 Å². The predicted molar refractivity (Wildman–Crippen MR) is 44.2 cm³/mol. The van der Waals surface area contributed by atoms with Crippen molar-refractivity contribution in [3.63, 3.8) is 0 Å². The first kappa shape index (κ1) is 6.81. The molecule has 0 aromatic carbocycles. The molecule has 0 aliphatic heterocycles. The van der Waals surface area contributed by atoms with E-state index < -0.39 is 0 Å². The van der Waals surface area contributed by atoms with Crippen LogP contribution in [0, 0.1) is 0 Å². The Morgan fingerprint density at radius 2 is 2.50 bits per heavy atom. The minimum Gasteiger partial charge on any atom is -0.362 e. The van der Waals surface area contributed by atoms with Crippen LogP contribution in [-0.4, -0.2) is 18.2 Å². The fourth-order valence-corrected chi connectivity index (χ4v) is 0.681. The molecule has 0 saturated heterocycles. The van der Waals surface area contributed by atoms with Crippen LogP contribution < -0.4 is 0 Å². The number of hydrogen-bond acceptors (Lipinski definition) is 1. The fourth-order valence-electron chi connectivity index (χ4n) is 0.681. The Bertz CT molecular complexity index is 219. The molecular formula is C8H10N2. The Labute approximate surface area is 60.3 Å². The second kappa shape index (κ2) is 3.67. The van der Waals surface area contributed by atoms with E-state index in [9.17, 15) is 0 Å². The number of H-pyrrole nitrogens is 1. The van der Waals surface area contributed by atoms with E-state index in [-0.39, 0.29) is 0 Å². The summed E-state index contributed by atoms with van der Waals surface area (Å²) >= 11 is 0. The summed E-state index contributed by atoms with van der Waals surface area (Å²) in [6, 6.07) is 3.96. The monoisotopic (exact) mass is 134 g/mol. The summed E-state index contributed by atoms with van der Waals surface area (Å²) in [6.07, 6.45) is 7.50. The summed E-state index contributed by atoms with van der Waals surface area (Å²) in [5, 5.41) is 0. The molecule has 0 aliphatic rings. The Kier molecular flexibility index (Phi) is 2.49. The maximum absolute atomic E-state index is 3.81. The molecule has 0 atom stereocenters. The van der Waals surface area contributed by atoms with Crippen LogP contribution in [0.15, 0.2) is 29.4 Å². The first-order valence-corrected chi connectivity index (χ1v) is 3.15. The van der Waals surface area contributed by atoms with Gasteiger partial charge < -0.3 is 4.98 Å². The van der Waals surface area contributed by atoms with E-state index in [1.165, 1.54) is 0 Å². The van der Waals surface area contributed by atoms with Gasteiger partial charge in [0.2, 0.25) is 0 Å². The molecule has 0 spiro atoms. The van der Waals surface area contributed by atoms with Gasteiger partial charge >= 0.3 is 0 Å². The van der Waals surface area contributed by atoms with Crippen molar-refractivity contribution in [2.45, 2.75) is 0 Å². The first-order valence-electron chi connectivity index (χ1n) is 3.15. The van der Waals surface area contributed by atoms with Crippen molar-refractivity contribution in [2.24, 2.45) is 4.99 Å². The van der Waals surface area contributed by atoms with E-state index >= 15 is 0 Å². The zero-order valence-electron chi connectivity index (χ0n) is 5.91. The lowest BCUT2D eigenvalue weighted by atomic mass is 10.4. The second-order valence-electron chi connectivity index (χ2n) is 1.89. The topological polar surface area (TPSA) is 28.1 Å². The lowest BCUT2D eigenvalue weighted by Gasteiger charge is -1.79. The third-order valence-corrected chi connectivity index (χ3v) is 1.13. The zero-order valence-corrected chi connectivity index (χ0v) is 5.91. The number of nitrogens with zero attached hydrogens (tertiary/aromatic N) is 1. The molecule has 52 valence electrons. The Morgan fingerprint density at radius 1 is 1.60 bits per heavy atom. The molecule has 0 aliphatic carbocycles. The maximum Gasteiger partial charge on any atom is 0.0380 e. The smallest absolute Gasteiger partial charge is 0.0380 e. The van der Waals surface area contributed by atoms with Crippen LogP contribution >= 0.6 is 0 Å². The van der Waals surface area contributed by atoms with Crippen LogP contribution in [0.5, 0.6) is 0 Å². The van der Waals surface area contributed by atoms with Crippen molar-refractivity contribution in [3.05, 3.63) is 30.1 Å². The highest BCUT2D eigenvalue weighted by Crippen LogP contribution is 1.95. The van der Waals surface area contributed by atoms with Crippen LogP contribution in [-0.2, 0) is 0 Å².